The second-order valence-corrected chi connectivity index (χ2v) is 4.98. The van der Waals surface area contributed by atoms with Crippen LogP contribution in [0, 0.1) is 0 Å². The number of carbonyl (C=O) groups is 2. The van der Waals surface area contributed by atoms with Crippen molar-refractivity contribution in [2.24, 2.45) is 0 Å². The van der Waals surface area contributed by atoms with E-state index in [-0.39, 0.29) is 51.0 Å². The molecule has 0 spiro atoms. The Balaban J connectivity index is 0.00000242. The van der Waals surface area contributed by atoms with Crippen LogP contribution in [0.2, 0.25) is 0 Å². The van der Waals surface area contributed by atoms with Crippen LogP contribution in [0.25, 0.3) is 0 Å². The summed E-state index contributed by atoms with van der Waals surface area (Å²) in [5, 5.41) is 30.6. The number of phenols is 2. The minimum atomic E-state index is -1.36. The molecule has 0 unspecified atom stereocenters. The number of aromatic hydroxyl groups is 2. The Morgan fingerprint density at radius 2 is 1.73 bits per heavy atom. The van der Waals surface area contributed by atoms with Gasteiger partial charge in [-0.1, -0.05) is 12.1 Å². The van der Waals surface area contributed by atoms with Crippen LogP contribution in [-0.2, 0) is 0 Å². The number of nitrogens with one attached hydrogen (secondary N) is 1. The predicted molar refractivity (Wildman–Crippen MR) is 84.6 cm³/mol. The third kappa shape index (κ3) is 4.01. The molecule has 0 saturated carbocycles. The van der Waals surface area contributed by atoms with Gasteiger partial charge in [-0.3, -0.25) is 4.79 Å². The molecule has 0 fully saturated rings. The van der Waals surface area contributed by atoms with E-state index in [1.54, 1.807) is 12.1 Å². The van der Waals surface area contributed by atoms with E-state index < -0.39 is 23.2 Å². The summed E-state index contributed by atoms with van der Waals surface area (Å²) in [5.41, 5.74) is -0.171. The number of amides is 1. The molecule has 1 radical (unpaired) electrons. The smallest absolute Gasteiger partial charge is 0.339 e. The van der Waals surface area contributed by atoms with Gasteiger partial charge < -0.3 is 20.6 Å². The van der Waals surface area contributed by atoms with E-state index in [1.165, 1.54) is 18.2 Å². The average molecular weight is 375 g/mol. The molecule has 0 saturated heterocycles. The van der Waals surface area contributed by atoms with Crippen molar-refractivity contribution in [2.75, 3.05) is 5.32 Å². The monoisotopic (exact) mass is 374 g/mol. The minimum absolute atomic E-state index is 0. The first-order valence-electron chi connectivity index (χ1n) is 5.75. The summed E-state index contributed by atoms with van der Waals surface area (Å²) in [4.78, 5) is 23.1. The Bertz CT molecular complexity index is 735. The summed E-state index contributed by atoms with van der Waals surface area (Å²) in [6.45, 7) is 0. The average Bonchev–Trinajstić information content (AvgIpc) is 2.43. The number of halogens is 1. The van der Waals surface area contributed by atoms with Gasteiger partial charge in [-0.15, -0.1) is 0 Å². The van der Waals surface area contributed by atoms with Crippen LogP contribution >= 0.6 is 15.9 Å². The molecule has 0 aromatic heterocycles. The Kier molecular flexibility index (Phi) is 6.43. The van der Waals surface area contributed by atoms with E-state index in [4.69, 9.17) is 5.11 Å². The number of aromatic carboxylic acids is 1. The number of carboxylic acids is 1. The predicted octanol–water partition coefficient (Wildman–Crippen LogP) is 2.43. The summed E-state index contributed by atoms with van der Waals surface area (Å²) in [7, 11) is 0. The zero-order valence-corrected chi connectivity index (χ0v) is 15.1. The third-order valence-electron chi connectivity index (χ3n) is 2.71. The third-order valence-corrected chi connectivity index (χ3v) is 3.31. The van der Waals surface area contributed by atoms with Crippen molar-refractivity contribution in [1.82, 2.24) is 0 Å². The maximum Gasteiger partial charge on any atom is 0.339 e. The molecule has 0 aliphatic heterocycles. The molecule has 0 aliphatic rings. The van der Waals surface area contributed by atoms with Crippen LogP contribution in [0.5, 0.6) is 11.5 Å². The molecule has 22 heavy (non-hydrogen) atoms. The van der Waals surface area contributed by atoms with Gasteiger partial charge in [0, 0.05) is 35.1 Å². The van der Waals surface area contributed by atoms with Gasteiger partial charge in [-0.2, -0.15) is 0 Å². The number of hydrogen-bond acceptors (Lipinski definition) is 4. The number of carbonyl (C=O) groups excluding carboxylic acids is 1. The van der Waals surface area contributed by atoms with Gasteiger partial charge in [0.1, 0.15) is 17.1 Å². The molecule has 4 N–H and O–H groups in total. The zero-order chi connectivity index (χ0) is 15.6. The second kappa shape index (κ2) is 7.64. The van der Waals surface area contributed by atoms with E-state index in [0.29, 0.717) is 0 Å². The SMILES string of the molecule is O=C(Nc1ccccc1O)c1cc(Br)c(O)c(C(=O)O)c1.[Na]. The quantitative estimate of drug-likeness (QED) is 0.487. The number of para-hydroxylation sites is 2. The molecular formula is C14H10BrNNaO5. The number of hydrogen-bond donors (Lipinski definition) is 4. The zero-order valence-electron chi connectivity index (χ0n) is 11.5. The van der Waals surface area contributed by atoms with Crippen LogP contribution in [0.3, 0.4) is 0 Å². The molecule has 109 valence electrons. The van der Waals surface area contributed by atoms with Gasteiger partial charge in [-0.25, -0.2) is 4.79 Å². The van der Waals surface area contributed by atoms with E-state index in [0.717, 1.165) is 6.07 Å². The van der Waals surface area contributed by atoms with Crippen LogP contribution in [-0.4, -0.2) is 56.8 Å². The molecule has 2 rings (SSSR count). The molecule has 2 aromatic rings. The van der Waals surface area contributed by atoms with Gasteiger partial charge in [0.2, 0.25) is 0 Å². The summed E-state index contributed by atoms with van der Waals surface area (Å²) < 4.78 is 0.0878. The van der Waals surface area contributed by atoms with Crippen molar-refractivity contribution in [3.8, 4) is 11.5 Å². The maximum atomic E-state index is 12.1. The fourth-order valence-corrected chi connectivity index (χ4v) is 2.13. The topological polar surface area (TPSA) is 107 Å². The minimum Gasteiger partial charge on any atom is -0.506 e. The van der Waals surface area contributed by atoms with E-state index >= 15 is 0 Å². The first-order chi connectivity index (χ1) is 9.90. The Morgan fingerprint density at radius 1 is 1.09 bits per heavy atom. The summed E-state index contributed by atoms with van der Waals surface area (Å²) in [6.07, 6.45) is 0. The second-order valence-electron chi connectivity index (χ2n) is 4.13. The fraction of sp³-hybridized carbons (Fsp3) is 0. The maximum absolute atomic E-state index is 12.1. The van der Waals surface area contributed by atoms with Gasteiger partial charge in [0.15, 0.2) is 0 Å². The van der Waals surface area contributed by atoms with E-state index in [9.17, 15) is 19.8 Å². The van der Waals surface area contributed by atoms with Crippen LogP contribution in [0.15, 0.2) is 40.9 Å². The van der Waals surface area contributed by atoms with Gasteiger partial charge >= 0.3 is 5.97 Å². The van der Waals surface area contributed by atoms with Crippen molar-refractivity contribution in [1.29, 1.82) is 0 Å². The molecule has 0 bridgehead atoms. The van der Waals surface area contributed by atoms with Crippen molar-refractivity contribution in [2.45, 2.75) is 0 Å². The van der Waals surface area contributed by atoms with Gasteiger partial charge in [0.25, 0.3) is 5.91 Å². The molecular weight excluding hydrogens is 365 g/mol. The van der Waals surface area contributed by atoms with Crippen LogP contribution in [0.4, 0.5) is 5.69 Å². The first kappa shape index (κ1) is 18.5. The van der Waals surface area contributed by atoms with Crippen molar-refractivity contribution >= 4 is 63.1 Å². The summed E-state index contributed by atoms with van der Waals surface area (Å²) in [6, 6.07) is 8.48. The Hall–Kier alpha value is -1.54. The molecule has 0 atom stereocenters. The number of carboxylic acid groups (broad SMARTS) is 1. The molecule has 2 aromatic carbocycles. The molecule has 0 aliphatic carbocycles. The van der Waals surface area contributed by atoms with Gasteiger partial charge in [0.05, 0.1) is 10.2 Å². The molecule has 8 heteroatoms. The Labute approximate surface area is 156 Å². The standard InChI is InChI=1S/C14H10BrNO5.Na/c15-9-6-7(5-8(12(9)18)14(20)21)13(19)16-10-3-1-2-4-11(10)17;/h1-6,17-18H,(H,16,19)(H,20,21);. The van der Waals surface area contributed by atoms with Crippen LogP contribution < -0.4 is 5.32 Å². The number of benzene rings is 2. The number of anilines is 1. The largest absolute Gasteiger partial charge is 0.506 e. The summed E-state index contributed by atoms with van der Waals surface area (Å²) in [5.74, 6) is -2.53. The summed E-state index contributed by atoms with van der Waals surface area (Å²) >= 11 is 2.99. The van der Waals surface area contributed by atoms with Crippen molar-refractivity contribution in [3.63, 3.8) is 0 Å². The van der Waals surface area contributed by atoms with Crippen LogP contribution in [0.1, 0.15) is 20.7 Å². The molecule has 6 nitrogen and oxygen atoms in total. The molecule has 1 amide bonds. The van der Waals surface area contributed by atoms with E-state index in [2.05, 4.69) is 21.2 Å². The van der Waals surface area contributed by atoms with Crippen molar-refractivity contribution in [3.05, 3.63) is 52.0 Å². The van der Waals surface area contributed by atoms with Gasteiger partial charge in [-0.05, 0) is 40.2 Å². The normalized spacial score (nSPS) is 9.68. The van der Waals surface area contributed by atoms with E-state index in [1.807, 2.05) is 0 Å². The number of rotatable bonds is 3. The Morgan fingerprint density at radius 3 is 2.32 bits per heavy atom. The fourth-order valence-electron chi connectivity index (χ4n) is 1.67. The molecule has 0 heterocycles. The first-order valence-corrected chi connectivity index (χ1v) is 6.54. The van der Waals surface area contributed by atoms with Crippen molar-refractivity contribution < 1.29 is 24.9 Å². The number of phenolic OH excluding ortho intramolecular Hbond substituents is 1.